The fourth-order valence-corrected chi connectivity index (χ4v) is 2.24. The number of hydrogen-bond acceptors (Lipinski definition) is 3. The number of carbonyl (C=O) groups is 1. The fourth-order valence-electron chi connectivity index (χ4n) is 1.82. The second kappa shape index (κ2) is 7.04. The zero-order valence-corrected chi connectivity index (χ0v) is 12.7. The molecule has 0 aromatic heterocycles. The molecule has 0 fully saturated rings. The van der Waals surface area contributed by atoms with E-state index in [0.29, 0.717) is 0 Å². The molecular formula is C16H14BrNO3. The van der Waals surface area contributed by atoms with Gasteiger partial charge in [0.2, 0.25) is 0 Å². The minimum atomic E-state index is -0.977. The van der Waals surface area contributed by atoms with E-state index < -0.39 is 12.0 Å². The highest BCUT2D eigenvalue weighted by atomic mass is 79.9. The zero-order valence-electron chi connectivity index (χ0n) is 11.1. The van der Waals surface area contributed by atoms with Crippen LogP contribution in [0.1, 0.15) is 11.1 Å². The molecule has 0 spiro atoms. The molecule has 0 saturated heterocycles. The summed E-state index contributed by atoms with van der Waals surface area (Å²) >= 11 is 3.36. The third-order valence-electron chi connectivity index (χ3n) is 2.90. The average molecular weight is 348 g/mol. The van der Waals surface area contributed by atoms with Crippen LogP contribution in [0.5, 0.6) is 5.75 Å². The van der Waals surface area contributed by atoms with Crippen LogP contribution >= 0.6 is 15.9 Å². The number of hydrogen-bond donors (Lipinski definition) is 2. The number of carboxylic acid groups (broad SMARTS) is 1. The molecular weight excluding hydrogens is 334 g/mol. The Balaban J connectivity index is 2.12. The van der Waals surface area contributed by atoms with E-state index in [9.17, 15) is 15.0 Å². The van der Waals surface area contributed by atoms with E-state index in [1.165, 1.54) is 12.1 Å². The summed E-state index contributed by atoms with van der Waals surface area (Å²) in [5.74, 6) is -0.822. The Morgan fingerprint density at radius 1 is 1.24 bits per heavy atom. The van der Waals surface area contributed by atoms with Crippen molar-refractivity contribution in [3.63, 3.8) is 0 Å². The third-order valence-corrected chi connectivity index (χ3v) is 3.40. The van der Waals surface area contributed by atoms with Gasteiger partial charge in [-0.2, -0.15) is 0 Å². The molecule has 4 nitrogen and oxygen atoms in total. The summed E-state index contributed by atoms with van der Waals surface area (Å²) in [4.78, 5) is 15.4. The first kappa shape index (κ1) is 15.3. The first-order valence-corrected chi connectivity index (χ1v) is 7.13. The maximum atomic E-state index is 11.3. The molecule has 0 bridgehead atoms. The lowest BCUT2D eigenvalue weighted by Gasteiger charge is -2.07. The van der Waals surface area contributed by atoms with Crippen molar-refractivity contribution in [1.82, 2.24) is 0 Å². The molecule has 108 valence electrons. The number of phenolic OH excluding ortho intramolecular Hbond substituents is 1. The van der Waals surface area contributed by atoms with E-state index in [1.807, 2.05) is 24.3 Å². The molecule has 0 amide bonds. The Kier molecular flexibility index (Phi) is 5.11. The van der Waals surface area contributed by atoms with Crippen molar-refractivity contribution in [2.75, 3.05) is 0 Å². The molecule has 21 heavy (non-hydrogen) atoms. The number of halogens is 1. The van der Waals surface area contributed by atoms with Crippen molar-refractivity contribution in [3.05, 3.63) is 64.1 Å². The summed E-state index contributed by atoms with van der Waals surface area (Å²) in [6, 6.07) is 13.1. The SMILES string of the molecule is O=C(O)C(Cc1ccc(O)cc1)N=Cc1cccc(Br)c1. The molecule has 0 aliphatic heterocycles. The van der Waals surface area contributed by atoms with Gasteiger partial charge in [-0.25, -0.2) is 4.79 Å². The molecule has 0 heterocycles. The van der Waals surface area contributed by atoms with Crippen LogP contribution in [0.3, 0.4) is 0 Å². The Bertz CT molecular complexity index is 653. The smallest absolute Gasteiger partial charge is 0.328 e. The quantitative estimate of drug-likeness (QED) is 0.815. The monoisotopic (exact) mass is 347 g/mol. The maximum absolute atomic E-state index is 11.3. The molecule has 2 rings (SSSR count). The number of aromatic hydroxyl groups is 1. The summed E-state index contributed by atoms with van der Waals surface area (Å²) < 4.78 is 0.914. The molecule has 5 heteroatoms. The van der Waals surface area contributed by atoms with E-state index in [1.54, 1.807) is 18.3 Å². The van der Waals surface area contributed by atoms with E-state index >= 15 is 0 Å². The van der Waals surface area contributed by atoms with E-state index in [2.05, 4.69) is 20.9 Å². The Hall–Kier alpha value is -2.14. The van der Waals surface area contributed by atoms with Crippen molar-refractivity contribution in [2.24, 2.45) is 4.99 Å². The normalized spacial score (nSPS) is 12.4. The van der Waals surface area contributed by atoms with Gasteiger partial charge in [0, 0.05) is 17.1 Å². The largest absolute Gasteiger partial charge is 0.508 e. The number of nitrogens with zero attached hydrogens (tertiary/aromatic N) is 1. The second-order valence-electron chi connectivity index (χ2n) is 4.56. The third kappa shape index (κ3) is 4.72. The highest BCUT2D eigenvalue weighted by molar-refractivity contribution is 9.10. The number of carboxylic acids is 1. The first-order chi connectivity index (χ1) is 10.0. The second-order valence-corrected chi connectivity index (χ2v) is 5.47. The van der Waals surface area contributed by atoms with Crippen LogP contribution < -0.4 is 0 Å². The van der Waals surface area contributed by atoms with E-state index in [0.717, 1.165) is 15.6 Å². The minimum Gasteiger partial charge on any atom is -0.508 e. The number of aliphatic carboxylic acids is 1. The van der Waals surface area contributed by atoms with Crippen LogP contribution in [0.25, 0.3) is 0 Å². The average Bonchev–Trinajstić information content (AvgIpc) is 2.45. The number of rotatable bonds is 5. The van der Waals surface area contributed by atoms with Gasteiger partial charge in [0.15, 0.2) is 6.04 Å². The van der Waals surface area contributed by atoms with Crippen molar-refractivity contribution in [1.29, 1.82) is 0 Å². The highest BCUT2D eigenvalue weighted by Crippen LogP contribution is 2.13. The minimum absolute atomic E-state index is 0.156. The maximum Gasteiger partial charge on any atom is 0.328 e. The summed E-state index contributed by atoms with van der Waals surface area (Å²) in [5.41, 5.74) is 1.65. The molecule has 0 saturated carbocycles. The van der Waals surface area contributed by atoms with Gasteiger partial charge >= 0.3 is 5.97 Å². The zero-order chi connectivity index (χ0) is 15.2. The lowest BCUT2D eigenvalue weighted by molar-refractivity contribution is -0.138. The van der Waals surface area contributed by atoms with Gasteiger partial charge in [-0.15, -0.1) is 0 Å². The summed E-state index contributed by atoms with van der Waals surface area (Å²) in [5, 5.41) is 18.5. The van der Waals surface area contributed by atoms with Crippen LogP contribution in [-0.2, 0) is 11.2 Å². The van der Waals surface area contributed by atoms with Crippen molar-refractivity contribution < 1.29 is 15.0 Å². The standard InChI is InChI=1S/C16H14BrNO3/c17-13-3-1-2-12(8-13)10-18-15(16(20)21)9-11-4-6-14(19)7-5-11/h1-8,10,15,19H,9H2,(H,20,21). The fraction of sp³-hybridized carbons (Fsp3) is 0.125. The molecule has 0 aliphatic carbocycles. The predicted octanol–water partition coefficient (Wildman–Crippen LogP) is 3.27. The number of benzene rings is 2. The van der Waals surface area contributed by atoms with Gasteiger partial charge in [0.25, 0.3) is 0 Å². The molecule has 1 unspecified atom stereocenters. The number of phenols is 1. The molecule has 2 aromatic carbocycles. The van der Waals surface area contributed by atoms with Crippen LogP contribution in [0.4, 0.5) is 0 Å². The first-order valence-electron chi connectivity index (χ1n) is 6.34. The van der Waals surface area contributed by atoms with Crippen LogP contribution in [0, 0.1) is 0 Å². The summed E-state index contributed by atoms with van der Waals surface area (Å²) in [6.07, 6.45) is 1.84. The Morgan fingerprint density at radius 2 is 1.95 bits per heavy atom. The van der Waals surface area contributed by atoms with Gasteiger partial charge in [0.1, 0.15) is 5.75 Å². The van der Waals surface area contributed by atoms with Gasteiger partial charge < -0.3 is 10.2 Å². The lowest BCUT2D eigenvalue weighted by atomic mass is 10.1. The Labute approximate surface area is 130 Å². The molecule has 0 aliphatic rings. The van der Waals surface area contributed by atoms with Gasteiger partial charge in [-0.3, -0.25) is 4.99 Å². The van der Waals surface area contributed by atoms with Gasteiger partial charge in [-0.05, 0) is 35.4 Å². The Morgan fingerprint density at radius 3 is 2.57 bits per heavy atom. The van der Waals surface area contributed by atoms with Crippen molar-refractivity contribution >= 4 is 28.1 Å². The molecule has 2 aromatic rings. The molecule has 1 atom stereocenters. The molecule has 0 radical (unpaired) electrons. The highest BCUT2D eigenvalue weighted by Gasteiger charge is 2.15. The number of aliphatic imine (C=N–C) groups is 1. The summed E-state index contributed by atoms with van der Waals surface area (Å²) in [7, 11) is 0. The molecule has 2 N–H and O–H groups in total. The van der Waals surface area contributed by atoms with E-state index in [-0.39, 0.29) is 12.2 Å². The van der Waals surface area contributed by atoms with Crippen molar-refractivity contribution in [2.45, 2.75) is 12.5 Å². The van der Waals surface area contributed by atoms with Crippen LogP contribution in [-0.4, -0.2) is 28.4 Å². The van der Waals surface area contributed by atoms with Crippen molar-refractivity contribution in [3.8, 4) is 5.75 Å². The van der Waals surface area contributed by atoms with Crippen LogP contribution in [0.2, 0.25) is 0 Å². The van der Waals surface area contributed by atoms with Gasteiger partial charge in [-0.1, -0.05) is 40.2 Å². The van der Waals surface area contributed by atoms with Gasteiger partial charge in [0.05, 0.1) is 0 Å². The topological polar surface area (TPSA) is 69.9 Å². The van der Waals surface area contributed by atoms with Crippen LogP contribution in [0.15, 0.2) is 58.0 Å². The summed E-state index contributed by atoms with van der Waals surface area (Å²) in [6.45, 7) is 0. The van der Waals surface area contributed by atoms with E-state index in [4.69, 9.17) is 0 Å². The predicted molar refractivity (Wildman–Crippen MR) is 85.0 cm³/mol. The lowest BCUT2D eigenvalue weighted by Crippen LogP contribution is -2.20.